The normalized spacial score (nSPS) is 10.0. The molecule has 0 saturated carbocycles. The topological polar surface area (TPSA) is 80.0 Å². The van der Waals surface area contributed by atoms with Crippen molar-refractivity contribution < 1.29 is 9.90 Å². The Balaban J connectivity index is 2.00. The van der Waals surface area contributed by atoms with Crippen LogP contribution in [0.5, 0.6) is 0 Å². The van der Waals surface area contributed by atoms with Crippen molar-refractivity contribution in [3.63, 3.8) is 0 Å². The molecular weight excluding hydrogens is 288 g/mol. The Morgan fingerprint density at radius 1 is 1.57 bits per heavy atom. The zero-order chi connectivity index (χ0) is 15.2. The van der Waals surface area contributed by atoms with Gasteiger partial charge in [-0.05, 0) is 18.6 Å². The summed E-state index contributed by atoms with van der Waals surface area (Å²) in [5.74, 6) is 6.24. The molecule has 21 heavy (non-hydrogen) atoms. The van der Waals surface area contributed by atoms with Crippen LogP contribution in [-0.2, 0) is 13.6 Å². The minimum atomic E-state index is -0.161. The summed E-state index contributed by atoms with van der Waals surface area (Å²) in [4.78, 5) is 17.6. The maximum atomic E-state index is 12.1. The van der Waals surface area contributed by atoms with Crippen molar-refractivity contribution in [3.8, 4) is 11.8 Å². The number of nitrogens with one attached hydrogen (secondary N) is 1. The lowest BCUT2D eigenvalue weighted by Crippen LogP contribution is -2.22. The van der Waals surface area contributed by atoms with Gasteiger partial charge >= 0.3 is 0 Å². The van der Waals surface area contributed by atoms with Crippen LogP contribution < -0.4 is 5.32 Å². The molecule has 0 aliphatic carbocycles. The van der Waals surface area contributed by atoms with Crippen molar-refractivity contribution in [2.45, 2.75) is 19.9 Å². The highest BCUT2D eigenvalue weighted by Gasteiger charge is 2.12. The Morgan fingerprint density at radius 3 is 3.05 bits per heavy atom. The van der Waals surface area contributed by atoms with Gasteiger partial charge in [0.2, 0.25) is 0 Å². The van der Waals surface area contributed by atoms with Crippen molar-refractivity contribution in [2.75, 3.05) is 6.61 Å². The molecule has 0 aliphatic rings. The Morgan fingerprint density at radius 2 is 2.38 bits per heavy atom. The molecule has 6 nitrogen and oxygen atoms in total. The SMILES string of the molecule is Cc1cc(C(=O)NCc2ncn(C)n2)sc1C#CCCO. The van der Waals surface area contributed by atoms with Gasteiger partial charge in [-0.15, -0.1) is 11.3 Å². The highest BCUT2D eigenvalue weighted by atomic mass is 32.1. The Kier molecular flexibility index (Phi) is 5.09. The smallest absolute Gasteiger partial charge is 0.261 e. The summed E-state index contributed by atoms with van der Waals surface area (Å²) in [6.45, 7) is 2.25. The van der Waals surface area contributed by atoms with Crippen LogP contribution in [-0.4, -0.2) is 32.4 Å². The van der Waals surface area contributed by atoms with E-state index >= 15 is 0 Å². The Bertz CT molecular complexity index is 693. The van der Waals surface area contributed by atoms with Gasteiger partial charge in [0.1, 0.15) is 6.33 Å². The van der Waals surface area contributed by atoms with E-state index in [4.69, 9.17) is 5.11 Å². The highest BCUT2D eigenvalue weighted by molar-refractivity contribution is 7.14. The molecule has 0 fully saturated rings. The number of nitrogens with zero attached hydrogens (tertiary/aromatic N) is 3. The summed E-state index contributed by atoms with van der Waals surface area (Å²) >= 11 is 1.35. The van der Waals surface area contributed by atoms with Crippen molar-refractivity contribution in [2.24, 2.45) is 7.05 Å². The molecule has 2 rings (SSSR count). The predicted molar refractivity (Wildman–Crippen MR) is 79.8 cm³/mol. The number of hydrogen-bond acceptors (Lipinski definition) is 5. The maximum Gasteiger partial charge on any atom is 0.261 e. The molecule has 0 radical (unpaired) electrons. The van der Waals surface area contributed by atoms with E-state index in [0.717, 1.165) is 10.4 Å². The van der Waals surface area contributed by atoms with E-state index in [1.165, 1.54) is 11.3 Å². The number of aromatic nitrogens is 3. The van der Waals surface area contributed by atoms with E-state index in [1.54, 1.807) is 18.1 Å². The standard InChI is InChI=1S/C14H16N4O2S/c1-10-7-12(21-11(10)5-3-4-6-19)14(20)15-8-13-16-9-18(2)17-13/h7,9,19H,4,6,8H2,1-2H3,(H,15,20). The quantitative estimate of drug-likeness (QED) is 0.821. The van der Waals surface area contributed by atoms with Gasteiger partial charge in [-0.2, -0.15) is 5.10 Å². The van der Waals surface area contributed by atoms with Gasteiger partial charge in [0.05, 0.1) is 22.9 Å². The summed E-state index contributed by atoms with van der Waals surface area (Å²) < 4.78 is 1.59. The zero-order valence-corrected chi connectivity index (χ0v) is 12.7. The van der Waals surface area contributed by atoms with E-state index in [2.05, 4.69) is 27.2 Å². The third-order valence-corrected chi connectivity index (χ3v) is 3.79. The van der Waals surface area contributed by atoms with E-state index in [9.17, 15) is 4.79 Å². The molecule has 2 heterocycles. The number of thiophene rings is 1. The van der Waals surface area contributed by atoms with E-state index in [0.29, 0.717) is 23.7 Å². The number of carbonyl (C=O) groups excluding carboxylic acids is 1. The molecule has 0 spiro atoms. The first-order valence-corrected chi connectivity index (χ1v) is 7.24. The molecule has 2 aromatic rings. The van der Waals surface area contributed by atoms with Crippen LogP contribution in [0.25, 0.3) is 0 Å². The van der Waals surface area contributed by atoms with Gasteiger partial charge < -0.3 is 10.4 Å². The second-order valence-corrected chi connectivity index (χ2v) is 5.47. The van der Waals surface area contributed by atoms with Gasteiger partial charge in [-0.1, -0.05) is 11.8 Å². The van der Waals surface area contributed by atoms with Crippen LogP contribution >= 0.6 is 11.3 Å². The van der Waals surface area contributed by atoms with Crippen molar-refractivity contribution in [1.29, 1.82) is 0 Å². The van der Waals surface area contributed by atoms with Crippen molar-refractivity contribution in [1.82, 2.24) is 20.1 Å². The molecule has 2 aromatic heterocycles. The van der Waals surface area contributed by atoms with E-state index < -0.39 is 0 Å². The van der Waals surface area contributed by atoms with Gasteiger partial charge in [0, 0.05) is 13.5 Å². The molecule has 1 amide bonds. The Hall–Kier alpha value is -2.17. The molecule has 0 atom stereocenters. The molecule has 0 aliphatic heterocycles. The maximum absolute atomic E-state index is 12.1. The lowest BCUT2D eigenvalue weighted by molar-refractivity contribution is 0.0954. The van der Waals surface area contributed by atoms with Crippen LogP contribution in [0.2, 0.25) is 0 Å². The summed E-state index contributed by atoms with van der Waals surface area (Å²) in [6, 6.07) is 1.81. The average molecular weight is 304 g/mol. The first kappa shape index (κ1) is 15.2. The van der Waals surface area contributed by atoms with Gasteiger partial charge in [0.25, 0.3) is 5.91 Å². The predicted octanol–water partition coefficient (Wildman–Crippen LogP) is 0.849. The van der Waals surface area contributed by atoms with Crippen LogP contribution in [0, 0.1) is 18.8 Å². The number of hydrogen-bond donors (Lipinski definition) is 2. The largest absolute Gasteiger partial charge is 0.395 e. The number of rotatable bonds is 4. The van der Waals surface area contributed by atoms with Crippen LogP contribution in [0.3, 0.4) is 0 Å². The summed E-state index contributed by atoms with van der Waals surface area (Å²) in [7, 11) is 1.78. The first-order chi connectivity index (χ1) is 10.1. The summed E-state index contributed by atoms with van der Waals surface area (Å²) in [6.07, 6.45) is 2.02. The molecule has 2 N–H and O–H groups in total. The summed E-state index contributed by atoms with van der Waals surface area (Å²) in [5, 5.41) is 15.6. The molecule has 0 bridgehead atoms. The van der Waals surface area contributed by atoms with E-state index in [-0.39, 0.29) is 12.5 Å². The average Bonchev–Trinajstić information content (AvgIpc) is 3.03. The van der Waals surface area contributed by atoms with E-state index in [1.807, 2.05) is 13.0 Å². The fourth-order valence-electron chi connectivity index (χ4n) is 1.63. The van der Waals surface area contributed by atoms with Crippen molar-refractivity contribution in [3.05, 3.63) is 33.5 Å². The fraction of sp³-hybridized carbons (Fsp3) is 0.357. The molecule has 7 heteroatoms. The van der Waals surface area contributed by atoms with Crippen LogP contribution in [0.15, 0.2) is 12.4 Å². The van der Waals surface area contributed by atoms with Gasteiger partial charge in [-0.3, -0.25) is 9.48 Å². The molecular formula is C14H16N4O2S. The molecule has 0 aromatic carbocycles. The zero-order valence-electron chi connectivity index (χ0n) is 11.9. The number of amides is 1. The lowest BCUT2D eigenvalue weighted by Gasteiger charge is -1.99. The highest BCUT2D eigenvalue weighted by Crippen LogP contribution is 2.20. The van der Waals surface area contributed by atoms with Gasteiger partial charge in [0.15, 0.2) is 5.82 Å². The number of aryl methyl sites for hydroxylation is 2. The van der Waals surface area contributed by atoms with Gasteiger partial charge in [-0.25, -0.2) is 4.98 Å². The Labute approximate surface area is 126 Å². The third kappa shape index (κ3) is 4.15. The number of aliphatic hydroxyl groups excluding tert-OH is 1. The first-order valence-electron chi connectivity index (χ1n) is 6.43. The molecule has 0 unspecified atom stereocenters. The monoisotopic (exact) mass is 304 g/mol. The van der Waals surface area contributed by atoms with Crippen LogP contribution in [0.4, 0.5) is 0 Å². The molecule has 0 saturated heterocycles. The third-order valence-electron chi connectivity index (χ3n) is 2.63. The minimum absolute atomic E-state index is 0.0435. The summed E-state index contributed by atoms with van der Waals surface area (Å²) in [5.41, 5.74) is 0.964. The molecule has 110 valence electrons. The minimum Gasteiger partial charge on any atom is -0.395 e. The second kappa shape index (κ2) is 7.02. The number of aliphatic hydroxyl groups is 1. The number of carbonyl (C=O) groups is 1. The van der Waals surface area contributed by atoms with Crippen LogP contribution in [0.1, 0.15) is 32.4 Å². The lowest BCUT2D eigenvalue weighted by atomic mass is 10.2. The van der Waals surface area contributed by atoms with Crippen molar-refractivity contribution >= 4 is 17.2 Å². The fourth-order valence-corrected chi connectivity index (χ4v) is 2.59. The second-order valence-electron chi connectivity index (χ2n) is 4.42.